The normalized spacial score (nSPS) is 11.4. The van der Waals surface area contributed by atoms with Crippen LogP contribution in [0, 0.1) is 0 Å². The van der Waals surface area contributed by atoms with Crippen molar-refractivity contribution in [1.82, 2.24) is 24.5 Å². The molecular formula is C25H16ClN5O2. The average Bonchev–Trinajstić information content (AvgIpc) is 3.36. The Hall–Kier alpha value is -4.36. The standard InChI is InChI=1S/C25H16ClN5O2/c26-16-13-11-15(12-14-16)19-20-22(28-30(24(20)32)17-7-3-1-4-8-17)27-23-21(19)25(33)31(29-23)18-9-5-2-6-10-18/h1-14H,(H2,27,28,29). The zero-order valence-corrected chi connectivity index (χ0v) is 17.9. The number of halogens is 1. The van der Waals surface area contributed by atoms with Crippen LogP contribution in [0.2, 0.25) is 5.02 Å². The number of nitrogens with one attached hydrogen (secondary N) is 2. The summed E-state index contributed by atoms with van der Waals surface area (Å²) in [6.07, 6.45) is 0. The fourth-order valence-electron chi connectivity index (χ4n) is 4.12. The van der Waals surface area contributed by atoms with E-state index in [1.807, 2.05) is 60.7 Å². The molecule has 3 heterocycles. The second-order valence-corrected chi connectivity index (χ2v) is 8.05. The van der Waals surface area contributed by atoms with E-state index in [-0.39, 0.29) is 11.1 Å². The number of para-hydroxylation sites is 2. The summed E-state index contributed by atoms with van der Waals surface area (Å²) in [4.78, 5) is 31.8. The third-order valence-electron chi connectivity index (χ3n) is 5.63. The van der Waals surface area contributed by atoms with Crippen LogP contribution in [0.4, 0.5) is 0 Å². The lowest BCUT2D eigenvalue weighted by atomic mass is 10.0. The Morgan fingerprint density at radius 3 is 1.55 bits per heavy atom. The van der Waals surface area contributed by atoms with Crippen molar-refractivity contribution >= 4 is 33.7 Å². The van der Waals surface area contributed by atoms with Crippen LogP contribution in [-0.2, 0) is 0 Å². The largest absolute Gasteiger partial charge is 0.281 e. The minimum absolute atomic E-state index is 0.289. The maximum atomic E-state index is 13.6. The van der Waals surface area contributed by atoms with Gasteiger partial charge in [-0.25, -0.2) is 14.3 Å². The molecule has 0 bridgehead atoms. The Bertz CT molecular complexity index is 1640. The first-order valence-corrected chi connectivity index (χ1v) is 10.7. The highest BCUT2D eigenvalue weighted by Gasteiger charge is 2.23. The number of rotatable bonds is 3. The molecule has 0 unspecified atom stereocenters. The van der Waals surface area contributed by atoms with Gasteiger partial charge in [-0.2, -0.15) is 0 Å². The third-order valence-corrected chi connectivity index (χ3v) is 5.88. The summed E-state index contributed by atoms with van der Waals surface area (Å²) >= 11 is 6.11. The van der Waals surface area contributed by atoms with Gasteiger partial charge in [0.1, 0.15) is 0 Å². The van der Waals surface area contributed by atoms with Crippen LogP contribution in [0.1, 0.15) is 0 Å². The van der Waals surface area contributed by atoms with E-state index in [4.69, 9.17) is 11.6 Å². The molecule has 33 heavy (non-hydrogen) atoms. The van der Waals surface area contributed by atoms with E-state index in [1.165, 1.54) is 9.36 Å². The van der Waals surface area contributed by atoms with E-state index < -0.39 is 0 Å². The van der Waals surface area contributed by atoms with Gasteiger partial charge in [-0.05, 0) is 42.0 Å². The molecule has 0 amide bonds. The molecule has 160 valence electrons. The molecule has 6 aromatic rings. The Labute approximate surface area is 191 Å². The number of H-pyrrole nitrogens is 2. The highest BCUT2D eigenvalue weighted by atomic mass is 35.5. The maximum Gasteiger partial charge on any atom is 0.281 e. The van der Waals surface area contributed by atoms with Gasteiger partial charge in [-0.3, -0.25) is 19.8 Å². The zero-order valence-electron chi connectivity index (χ0n) is 17.1. The molecule has 0 spiro atoms. The summed E-state index contributed by atoms with van der Waals surface area (Å²) < 4.78 is 2.87. The number of benzene rings is 3. The summed E-state index contributed by atoms with van der Waals surface area (Å²) in [6.45, 7) is 0. The minimum Gasteiger partial charge on any atom is -0.273 e. The fraction of sp³-hybridized carbons (Fsp3) is 0. The molecule has 0 saturated carbocycles. The number of nitrogens with zero attached hydrogens (tertiary/aromatic N) is 3. The van der Waals surface area contributed by atoms with E-state index in [2.05, 4.69) is 15.2 Å². The van der Waals surface area contributed by atoms with Gasteiger partial charge in [0.2, 0.25) is 0 Å². The second kappa shape index (κ2) is 7.36. The monoisotopic (exact) mass is 453 g/mol. The Morgan fingerprint density at radius 2 is 1.09 bits per heavy atom. The van der Waals surface area contributed by atoms with E-state index in [9.17, 15) is 9.59 Å². The Kier molecular flexibility index (Phi) is 4.31. The van der Waals surface area contributed by atoms with E-state index >= 15 is 0 Å². The number of aromatic amines is 2. The molecule has 0 aliphatic heterocycles. The minimum atomic E-state index is -0.289. The molecule has 0 radical (unpaired) electrons. The van der Waals surface area contributed by atoms with Gasteiger partial charge < -0.3 is 0 Å². The molecule has 0 aliphatic carbocycles. The molecule has 0 fully saturated rings. The lowest BCUT2D eigenvalue weighted by Gasteiger charge is -2.04. The highest BCUT2D eigenvalue weighted by Crippen LogP contribution is 2.32. The number of pyridine rings is 1. The van der Waals surface area contributed by atoms with Crippen LogP contribution in [0.5, 0.6) is 0 Å². The number of aromatic nitrogens is 5. The molecule has 6 rings (SSSR count). The van der Waals surface area contributed by atoms with Crippen molar-refractivity contribution < 1.29 is 0 Å². The van der Waals surface area contributed by atoms with Crippen LogP contribution >= 0.6 is 11.6 Å². The predicted octanol–water partition coefficient (Wildman–Crippen LogP) is 4.67. The Balaban J connectivity index is 1.76. The number of fused-ring (bicyclic) bond motifs is 2. The summed E-state index contributed by atoms with van der Waals surface area (Å²) in [5.41, 5.74) is 2.74. The first-order valence-electron chi connectivity index (χ1n) is 10.3. The van der Waals surface area contributed by atoms with Crippen molar-refractivity contribution in [2.45, 2.75) is 0 Å². The summed E-state index contributed by atoms with van der Waals surface area (Å²) in [6, 6.07) is 25.5. The smallest absolute Gasteiger partial charge is 0.273 e. The van der Waals surface area contributed by atoms with Crippen LogP contribution < -0.4 is 11.1 Å². The number of hydrogen-bond acceptors (Lipinski definition) is 3. The first-order chi connectivity index (χ1) is 16.1. The van der Waals surface area contributed by atoms with Gasteiger partial charge in [0, 0.05) is 10.6 Å². The van der Waals surface area contributed by atoms with Crippen molar-refractivity contribution in [3.8, 4) is 22.5 Å². The zero-order chi connectivity index (χ0) is 22.5. The van der Waals surface area contributed by atoms with E-state index in [0.717, 1.165) is 0 Å². The molecule has 3 aromatic heterocycles. The molecule has 7 nitrogen and oxygen atoms in total. The van der Waals surface area contributed by atoms with Crippen molar-refractivity contribution in [1.29, 1.82) is 0 Å². The molecule has 8 heteroatoms. The van der Waals surface area contributed by atoms with Crippen molar-refractivity contribution in [2.24, 2.45) is 0 Å². The van der Waals surface area contributed by atoms with Gasteiger partial charge in [-0.1, -0.05) is 60.1 Å². The summed E-state index contributed by atoms with van der Waals surface area (Å²) in [5, 5.41) is 7.43. The second-order valence-electron chi connectivity index (χ2n) is 7.62. The molecule has 0 aliphatic rings. The van der Waals surface area contributed by atoms with Gasteiger partial charge in [0.25, 0.3) is 11.1 Å². The first kappa shape index (κ1) is 19.3. The molecule has 0 saturated heterocycles. The van der Waals surface area contributed by atoms with Crippen LogP contribution in [0.3, 0.4) is 0 Å². The average molecular weight is 454 g/mol. The quantitative estimate of drug-likeness (QED) is 0.408. The topological polar surface area (TPSA) is 88.5 Å². The van der Waals surface area contributed by atoms with Crippen LogP contribution in [-0.4, -0.2) is 24.5 Å². The molecule has 0 atom stereocenters. The maximum absolute atomic E-state index is 13.6. The molecule has 3 aromatic carbocycles. The summed E-state index contributed by atoms with van der Waals surface area (Å²) in [5.74, 6) is 0. The third kappa shape index (κ3) is 3.01. The van der Waals surface area contributed by atoms with E-state index in [0.29, 0.717) is 49.6 Å². The van der Waals surface area contributed by atoms with Gasteiger partial charge in [0.05, 0.1) is 22.1 Å². The van der Waals surface area contributed by atoms with Crippen LogP contribution in [0.15, 0.2) is 94.5 Å². The molecular weight excluding hydrogens is 438 g/mol. The fourth-order valence-corrected chi connectivity index (χ4v) is 4.25. The number of hydrogen-bond donors (Lipinski definition) is 2. The van der Waals surface area contributed by atoms with E-state index in [1.54, 1.807) is 24.3 Å². The predicted molar refractivity (Wildman–Crippen MR) is 130 cm³/mol. The SMILES string of the molecule is O=c1c2c(-c3ccc(Cl)cc3)c3c(=O)n(-c4ccccc4)[nH]c3nc2[nH]n1-c1ccccc1. The van der Waals surface area contributed by atoms with Gasteiger partial charge in [-0.15, -0.1) is 0 Å². The van der Waals surface area contributed by atoms with Crippen molar-refractivity contribution in [2.75, 3.05) is 0 Å². The lowest BCUT2D eigenvalue weighted by Crippen LogP contribution is -2.16. The van der Waals surface area contributed by atoms with Gasteiger partial charge in [0.15, 0.2) is 11.3 Å². The highest BCUT2D eigenvalue weighted by molar-refractivity contribution is 6.30. The Morgan fingerprint density at radius 1 is 0.636 bits per heavy atom. The van der Waals surface area contributed by atoms with Crippen molar-refractivity contribution in [3.05, 3.63) is 111 Å². The molecule has 2 N–H and O–H groups in total. The van der Waals surface area contributed by atoms with Crippen molar-refractivity contribution in [3.63, 3.8) is 0 Å². The lowest BCUT2D eigenvalue weighted by molar-refractivity contribution is 0.850. The van der Waals surface area contributed by atoms with Crippen LogP contribution in [0.25, 0.3) is 44.6 Å². The van der Waals surface area contributed by atoms with Gasteiger partial charge >= 0.3 is 0 Å². The summed E-state index contributed by atoms with van der Waals surface area (Å²) in [7, 11) is 0.